The van der Waals surface area contributed by atoms with Gasteiger partial charge in [0.15, 0.2) is 5.69 Å². The van der Waals surface area contributed by atoms with Crippen molar-refractivity contribution in [2.45, 2.75) is 39.0 Å². The molecule has 0 atom stereocenters. The molecule has 1 aromatic rings. The lowest BCUT2D eigenvalue weighted by atomic mass is 9.93. The summed E-state index contributed by atoms with van der Waals surface area (Å²) >= 11 is 0. The molecule has 110 valence electrons. The predicted octanol–water partition coefficient (Wildman–Crippen LogP) is 2.12. The van der Waals surface area contributed by atoms with Crippen LogP contribution >= 0.6 is 0 Å². The summed E-state index contributed by atoms with van der Waals surface area (Å²) in [7, 11) is 0. The van der Waals surface area contributed by atoms with Crippen molar-refractivity contribution in [2.75, 3.05) is 13.1 Å². The zero-order valence-corrected chi connectivity index (χ0v) is 11.8. The van der Waals surface area contributed by atoms with E-state index in [1.54, 1.807) is 11.0 Å². The number of rotatable bonds is 4. The lowest BCUT2D eigenvalue weighted by molar-refractivity contribution is -0.138. The van der Waals surface area contributed by atoms with Crippen molar-refractivity contribution in [3.05, 3.63) is 17.5 Å². The first kappa shape index (κ1) is 14.6. The van der Waals surface area contributed by atoms with Crippen molar-refractivity contribution >= 4 is 11.9 Å². The number of likely N-dealkylation sites (tertiary alicyclic amines) is 1. The highest BCUT2D eigenvalue weighted by atomic mass is 16.5. The van der Waals surface area contributed by atoms with E-state index in [0.717, 1.165) is 12.8 Å². The van der Waals surface area contributed by atoms with Gasteiger partial charge in [-0.1, -0.05) is 19.0 Å². The topological polar surface area (TPSA) is 83.6 Å². The Morgan fingerprint density at radius 3 is 2.60 bits per heavy atom. The van der Waals surface area contributed by atoms with E-state index in [1.165, 1.54) is 0 Å². The molecular formula is C14H20N2O4. The van der Waals surface area contributed by atoms with Gasteiger partial charge in [0.05, 0.1) is 0 Å². The zero-order chi connectivity index (χ0) is 14.7. The first-order valence-electron chi connectivity index (χ1n) is 6.95. The molecule has 1 amide bonds. The molecular weight excluding hydrogens is 260 g/mol. The average Bonchev–Trinajstić information content (AvgIpc) is 2.88. The third-order valence-corrected chi connectivity index (χ3v) is 3.68. The molecule has 1 N–H and O–H groups in total. The maximum atomic E-state index is 12.3. The number of hydrogen-bond acceptors (Lipinski definition) is 4. The van der Waals surface area contributed by atoms with Crippen molar-refractivity contribution in [1.82, 2.24) is 10.1 Å². The Balaban J connectivity index is 1.92. The minimum absolute atomic E-state index is 0.130. The summed E-state index contributed by atoms with van der Waals surface area (Å²) in [6.07, 6.45) is 1.64. The van der Waals surface area contributed by atoms with Crippen LogP contribution in [-0.4, -0.2) is 40.1 Å². The van der Waals surface area contributed by atoms with Crippen LogP contribution in [0.2, 0.25) is 0 Å². The van der Waals surface area contributed by atoms with Crippen LogP contribution in [0.4, 0.5) is 0 Å². The minimum atomic E-state index is -0.771. The van der Waals surface area contributed by atoms with Crippen LogP contribution in [0.5, 0.6) is 0 Å². The van der Waals surface area contributed by atoms with E-state index in [1.807, 2.05) is 13.8 Å². The molecule has 1 aliphatic heterocycles. The van der Waals surface area contributed by atoms with Crippen molar-refractivity contribution < 1.29 is 19.2 Å². The highest BCUT2D eigenvalue weighted by molar-refractivity contribution is 5.92. The van der Waals surface area contributed by atoms with Crippen LogP contribution in [0.25, 0.3) is 0 Å². The Bertz CT molecular complexity index is 487. The zero-order valence-electron chi connectivity index (χ0n) is 11.8. The van der Waals surface area contributed by atoms with E-state index in [4.69, 9.17) is 9.63 Å². The molecule has 1 aliphatic rings. The van der Waals surface area contributed by atoms with E-state index in [-0.39, 0.29) is 24.2 Å². The van der Waals surface area contributed by atoms with Gasteiger partial charge in [-0.25, -0.2) is 0 Å². The summed E-state index contributed by atoms with van der Waals surface area (Å²) in [4.78, 5) is 24.6. The normalized spacial score (nSPS) is 16.6. The molecule has 2 heterocycles. The third-order valence-electron chi connectivity index (χ3n) is 3.68. The van der Waals surface area contributed by atoms with Gasteiger partial charge < -0.3 is 14.5 Å². The van der Waals surface area contributed by atoms with Crippen molar-refractivity contribution in [3.63, 3.8) is 0 Å². The summed E-state index contributed by atoms with van der Waals surface area (Å²) < 4.78 is 5.14. The number of carboxylic acids is 1. The fourth-order valence-corrected chi connectivity index (χ4v) is 2.41. The Morgan fingerprint density at radius 2 is 2.10 bits per heavy atom. The summed E-state index contributed by atoms with van der Waals surface area (Å²) in [5, 5.41) is 12.6. The molecule has 0 saturated carbocycles. The number of aliphatic carboxylic acids is 1. The molecule has 1 fully saturated rings. The summed E-state index contributed by atoms with van der Waals surface area (Å²) in [5.74, 6) is 0.168. The summed E-state index contributed by atoms with van der Waals surface area (Å²) in [6.45, 7) is 5.12. The van der Waals surface area contributed by atoms with Gasteiger partial charge >= 0.3 is 5.97 Å². The SMILES string of the molecule is CC(C)c1cc(C(=O)N2CCC(CC(=O)O)CC2)no1. The second kappa shape index (κ2) is 6.07. The molecule has 0 aromatic carbocycles. The Labute approximate surface area is 117 Å². The Morgan fingerprint density at radius 1 is 1.45 bits per heavy atom. The van der Waals surface area contributed by atoms with E-state index < -0.39 is 5.97 Å². The smallest absolute Gasteiger partial charge is 0.303 e. The fourth-order valence-electron chi connectivity index (χ4n) is 2.41. The Kier molecular flexibility index (Phi) is 4.42. The van der Waals surface area contributed by atoms with E-state index in [0.29, 0.717) is 24.5 Å². The van der Waals surface area contributed by atoms with Crippen LogP contribution < -0.4 is 0 Å². The number of piperidine rings is 1. The van der Waals surface area contributed by atoms with Crippen molar-refractivity contribution in [2.24, 2.45) is 5.92 Å². The number of nitrogens with zero attached hydrogens (tertiary/aromatic N) is 2. The van der Waals surface area contributed by atoms with Gasteiger partial charge in [-0.05, 0) is 18.8 Å². The molecule has 0 aliphatic carbocycles. The van der Waals surface area contributed by atoms with Crippen molar-refractivity contribution in [1.29, 1.82) is 0 Å². The lowest BCUT2D eigenvalue weighted by Gasteiger charge is -2.30. The highest BCUT2D eigenvalue weighted by Crippen LogP contribution is 2.22. The number of carboxylic acid groups (broad SMARTS) is 1. The number of amides is 1. The summed E-state index contributed by atoms with van der Waals surface area (Å²) in [5.41, 5.74) is 0.338. The standard InChI is InChI=1S/C14H20N2O4/c1-9(2)12-8-11(15-20-12)14(19)16-5-3-10(4-6-16)7-13(17)18/h8-10H,3-7H2,1-2H3,(H,17,18). The molecule has 0 bridgehead atoms. The maximum Gasteiger partial charge on any atom is 0.303 e. The van der Waals surface area contributed by atoms with Gasteiger partial charge in [0.2, 0.25) is 0 Å². The number of carbonyl (C=O) groups is 2. The lowest BCUT2D eigenvalue weighted by Crippen LogP contribution is -2.39. The van der Waals surface area contributed by atoms with Gasteiger partial charge in [-0.15, -0.1) is 0 Å². The van der Waals surface area contributed by atoms with Gasteiger partial charge in [0, 0.05) is 31.5 Å². The monoisotopic (exact) mass is 280 g/mol. The van der Waals surface area contributed by atoms with Gasteiger partial charge in [0.25, 0.3) is 5.91 Å². The number of aromatic nitrogens is 1. The van der Waals surface area contributed by atoms with Crippen LogP contribution in [0.3, 0.4) is 0 Å². The minimum Gasteiger partial charge on any atom is -0.481 e. The first-order valence-corrected chi connectivity index (χ1v) is 6.95. The van der Waals surface area contributed by atoms with Crippen LogP contribution in [-0.2, 0) is 4.79 Å². The van der Waals surface area contributed by atoms with E-state index in [2.05, 4.69) is 5.16 Å². The molecule has 1 saturated heterocycles. The molecule has 0 spiro atoms. The molecule has 1 aromatic heterocycles. The van der Waals surface area contributed by atoms with Gasteiger partial charge in [0.1, 0.15) is 5.76 Å². The predicted molar refractivity (Wildman–Crippen MR) is 71.5 cm³/mol. The second-order valence-corrected chi connectivity index (χ2v) is 5.60. The highest BCUT2D eigenvalue weighted by Gasteiger charge is 2.26. The quantitative estimate of drug-likeness (QED) is 0.913. The van der Waals surface area contributed by atoms with E-state index >= 15 is 0 Å². The van der Waals surface area contributed by atoms with Crippen LogP contribution in [0.1, 0.15) is 55.3 Å². The molecule has 20 heavy (non-hydrogen) atoms. The molecule has 6 heteroatoms. The molecule has 0 radical (unpaired) electrons. The van der Waals surface area contributed by atoms with E-state index in [9.17, 15) is 9.59 Å². The van der Waals surface area contributed by atoms with Crippen LogP contribution in [0.15, 0.2) is 10.6 Å². The summed E-state index contributed by atoms with van der Waals surface area (Å²) in [6, 6.07) is 1.69. The molecule has 0 unspecified atom stereocenters. The Hall–Kier alpha value is -1.85. The molecule has 6 nitrogen and oxygen atoms in total. The first-order chi connectivity index (χ1) is 9.47. The second-order valence-electron chi connectivity index (χ2n) is 5.60. The largest absolute Gasteiger partial charge is 0.481 e. The third kappa shape index (κ3) is 3.37. The van der Waals surface area contributed by atoms with Crippen LogP contribution in [0, 0.1) is 5.92 Å². The fraction of sp³-hybridized carbons (Fsp3) is 0.643. The van der Waals surface area contributed by atoms with Crippen molar-refractivity contribution in [3.8, 4) is 0 Å². The number of carbonyl (C=O) groups excluding carboxylic acids is 1. The van der Waals surface area contributed by atoms with Gasteiger partial charge in [-0.3, -0.25) is 9.59 Å². The average molecular weight is 280 g/mol. The van der Waals surface area contributed by atoms with Gasteiger partial charge in [-0.2, -0.15) is 0 Å². The number of hydrogen-bond donors (Lipinski definition) is 1. The maximum absolute atomic E-state index is 12.3. The molecule has 2 rings (SSSR count).